The zero-order valence-electron chi connectivity index (χ0n) is 9.93. The molecule has 0 aliphatic rings. The van der Waals surface area contributed by atoms with Crippen LogP contribution >= 0.6 is 11.5 Å². The average molecular weight is 249 g/mol. The summed E-state index contributed by atoms with van der Waals surface area (Å²) in [4.78, 5) is 12.7. The number of hydrogen-bond acceptors (Lipinski definition) is 4. The van der Waals surface area contributed by atoms with Crippen LogP contribution in [0.5, 0.6) is 0 Å². The van der Waals surface area contributed by atoms with Gasteiger partial charge in [-0.15, -0.1) is 0 Å². The first kappa shape index (κ1) is 11.9. The summed E-state index contributed by atoms with van der Waals surface area (Å²) in [6.07, 6.45) is 0.349. The topological polar surface area (TPSA) is 59.2 Å². The van der Waals surface area contributed by atoms with Gasteiger partial charge in [0.25, 0.3) is 0 Å². The highest BCUT2D eigenvalue weighted by molar-refractivity contribution is 7.13. The van der Waals surface area contributed by atoms with Crippen LogP contribution in [0.4, 0.5) is 5.82 Å². The SMILES string of the molecule is Cc1ccc2snc(N(C)CCC(N)=O)c2c1. The molecule has 0 radical (unpaired) electrons. The molecule has 0 spiro atoms. The Morgan fingerprint density at radius 2 is 2.29 bits per heavy atom. The Bertz CT molecular complexity index is 550. The molecule has 2 N–H and O–H groups in total. The third-order valence-electron chi connectivity index (χ3n) is 2.66. The van der Waals surface area contributed by atoms with Crippen LogP contribution in [0.3, 0.4) is 0 Å². The number of nitrogens with two attached hydrogens (primary N) is 1. The number of carbonyl (C=O) groups excluding carboxylic acids is 1. The lowest BCUT2D eigenvalue weighted by Crippen LogP contribution is -2.24. The lowest BCUT2D eigenvalue weighted by atomic mass is 10.2. The van der Waals surface area contributed by atoms with E-state index in [0.717, 1.165) is 15.9 Å². The summed E-state index contributed by atoms with van der Waals surface area (Å²) in [6, 6.07) is 6.27. The van der Waals surface area contributed by atoms with Crippen molar-refractivity contribution in [3.05, 3.63) is 23.8 Å². The largest absolute Gasteiger partial charge is 0.370 e. The van der Waals surface area contributed by atoms with E-state index < -0.39 is 0 Å². The minimum absolute atomic E-state index is 0.285. The van der Waals surface area contributed by atoms with E-state index in [1.165, 1.54) is 17.1 Å². The quantitative estimate of drug-likeness (QED) is 0.900. The second-order valence-corrected chi connectivity index (χ2v) is 4.95. The van der Waals surface area contributed by atoms with Crippen molar-refractivity contribution in [2.75, 3.05) is 18.5 Å². The Labute approximate surface area is 104 Å². The number of benzene rings is 1. The zero-order chi connectivity index (χ0) is 12.4. The van der Waals surface area contributed by atoms with E-state index >= 15 is 0 Å². The smallest absolute Gasteiger partial charge is 0.219 e. The number of hydrogen-bond donors (Lipinski definition) is 1. The molecule has 2 aromatic rings. The molecule has 17 heavy (non-hydrogen) atoms. The summed E-state index contributed by atoms with van der Waals surface area (Å²) in [5.41, 5.74) is 6.36. The van der Waals surface area contributed by atoms with Gasteiger partial charge in [0.1, 0.15) is 5.82 Å². The molecule has 1 aromatic carbocycles. The van der Waals surface area contributed by atoms with E-state index in [4.69, 9.17) is 5.73 Å². The molecule has 4 nitrogen and oxygen atoms in total. The van der Waals surface area contributed by atoms with E-state index in [-0.39, 0.29) is 5.91 Å². The van der Waals surface area contributed by atoms with Gasteiger partial charge in [-0.05, 0) is 30.6 Å². The molecule has 0 aliphatic heterocycles. The highest BCUT2D eigenvalue weighted by Crippen LogP contribution is 2.29. The van der Waals surface area contributed by atoms with Crippen LogP contribution in [-0.4, -0.2) is 23.9 Å². The monoisotopic (exact) mass is 249 g/mol. The Kier molecular flexibility index (Phi) is 3.28. The normalized spacial score (nSPS) is 10.7. The fourth-order valence-electron chi connectivity index (χ4n) is 1.70. The third-order valence-corrected chi connectivity index (χ3v) is 3.48. The summed E-state index contributed by atoms with van der Waals surface area (Å²) >= 11 is 1.48. The number of carbonyl (C=O) groups is 1. The van der Waals surface area contributed by atoms with Gasteiger partial charge in [0, 0.05) is 25.4 Å². The second-order valence-electron chi connectivity index (χ2n) is 4.14. The number of aromatic nitrogens is 1. The fourth-order valence-corrected chi connectivity index (χ4v) is 2.50. The summed E-state index contributed by atoms with van der Waals surface area (Å²) in [6.45, 7) is 2.66. The zero-order valence-corrected chi connectivity index (χ0v) is 10.8. The minimum Gasteiger partial charge on any atom is -0.370 e. The molecule has 0 fully saturated rings. The molecule has 0 saturated heterocycles. The van der Waals surface area contributed by atoms with Gasteiger partial charge < -0.3 is 10.6 Å². The van der Waals surface area contributed by atoms with Crippen LogP contribution in [0.1, 0.15) is 12.0 Å². The van der Waals surface area contributed by atoms with Gasteiger partial charge in [-0.1, -0.05) is 11.6 Å². The number of aryl methyl sites for hydroxylation is 1. The molecule has 0 unspecified atom stereocenters. The number of fused-ring (bicyclic) bond motifs is 1. The van der Waals surface area contributed by atoms with Gasteiger partial charge in [0.2, 0.25) is 5.91 Å². The first-order valence-electron chi connectivity index (χ1n) is 5.43. The second kappa shape index (κ2) is 4.71. The molecule has 0 bridgehead atoms. The van der Waals surface area contributed by atoms with Crippen LogP contribution in [0.15, 0.2) is 18.2 Å². The summed E-state index contributed by atoms with van der Waals surface area (Å²) in [5, 5.41) is 1.14. The van der Waals surface area contributed by atoms with E-state index in [2.05, 4.69) is 29.5 Å². The van der Waals surface area contributed by atoms with Crippen LogP contribution in [0.25, 0.3) is 10.1 Å². The van der Waals surface area contributed by atoms with Crippen molar-refractivity contribution in [2.24, 2.45) is 5.73 Å². The third kappa shape index (κ3) is 2.55. The Hall–Kier alpha value is -1.62. The van der Waals surface area contributed by atoms with E-state index in [1.54, 1.807) is 0 Å². The number of primary amides is 1. The summed E-state index contributed by atoms with van der Waals surface area (Å²) in [5.74, 6) is 0.641. The molecule has 0 aliphatic carbocycles. The van der Waals surface area contributed by atoms with Crippen molar-refractivity contribution in [1.29, 1.82) is 0 Å². The van der Waals surface area contributed by atoms with E-state index in [9.17, 15) is 4.79 Å². The molecular weight excluding hydrogens is 234 g/mol. The Morgan fingerprint density at radius 3 is 3.00 bits per heavy atom. The maximum atomic E-state index is 10.8. The van der Waals surface area contributed by atoms with Gasteiger partial charge in [-0.2, -0.15) is 4.37 Å². The van der Waals surface area contributed by atoms with Crippen molar-refractivity contribution >= 4 is 33.3 Å². The van der Waals surface area contributed by atoms with Gasteiger partial charge in [0.15, 0.2) is 0 Å². The van der Waals surface area contributed by atoms with Crippen molar-refractivity contribution in [3.63, 3.8) is 0 Å². The molecule has 1 amide bonds. The van der Waals surface area contributed by atoms with Crippen LogP contribution in [0, 0.1) is 6.92 Å². The molecule has 1 heterocycles. The predicted octanol–water partition coefficient (Wildman–Crippen LogP) is 1.92. The van der Waals surface area contributed by atoms with Gasteiger partial charge in [0.05, 0.1) is 4.70 Å². The van der Waals surface area contributed by atoms with Crippen molar-refractivity contribution < 1.29 is 4.79 Å². The summed E-state index contributed by atoms with van der Waals surface area (Å²) in [7, 11) is 1.93. The first-order valence-corrected chi connectivity index (χ1v) is 6.21. The van der Waals surface area contributed by atoms with E-state index in [0.29, 0.717) is 13.0 Å². The van der Waals surface area contributed by atoms with E-state index in [1.807, 2.05) is 11.9 Å². The Balaban J connectivity index is 2.28. The van der Waals surface area contributed by atoms with Crippen molar-refractivity contribution in [3.8, 4) is 0 Å². The molecule has 0 saturated carbocycles. The van der Waals surface area contributed by atoms with Crippen LogP contribution < -0.4 is 10.6 Å². The van der Waals surface area contributed by atoms with Crippen molar-refractivity contribution in [2.45, 2.75) is 13.3 Å². The van der Waals surface area contributed by atoms with Crippen LogP contribution in [-0.2, 0) is 4.79 Å². The number of amides is 1. The lowest BCUT2D eigenvalue weighted by molar-refractivity contribution is -0.117. The highest BCUT2D eigenvalue weighted by Gasteiger charge is 2.11. The number of rotatable bonds is 4. The molecule has 2 rings (SSSR count). The van der Waals surface area contributed by atoms with Gasteiger partial charge >= 0.3 is 0 Å². The molecule has 90 valence electrons. The molecule has 0 atom stereocenters. The maximum absolute atomic E-state index is 10.8. The lowest BCUT2D eigenvalue weighted by Gasteiger charge is -2.15. The Morgan fingerprint density at radius 1 is 1.53 bits per heavy atom. The minimum atomic E-state index is -0.285. The van der Waals surface area contributed by atoms with Crippen LogP contribution in [0.2, 0.25) is 0 Å². The molecule has 1 aromatic heterocycles. The highest BCUT2D eigenvalue weighted by atomic mass is 32.1. The molecule has 5 heteroatoms. The number of anilines is 1. The molecular formula is C12H15N3OS. The first-order chi connectivity index (χ1) is 8.08. The average Bonchev–Trinajstić information content (AvgIpc) is 2.68. The van der Waals surface area contributed by atoms with Gasteiger partial charge in [-0.3, -0.25) is 4.79 Å². The predicted molar refractivity (Wildman–Crippen MR) is 71.4 cm³/mol. The summed E-state index contributed by atoms with van der Waals surface area (Å²) < 4.78 is 5.59. The van der Waals surface area contributed by atoms with Crippen molar-refractivity contribution in [1.82, 2.24) is 4.37 Å². The number of nitrogens with zero attached hydrogens (tertiary/aromatic N) is 2. The maximum Gasteiger partial charge on any atom is 0.219 e. The fraction of sp³-hybridized carbons (Fsp3) is 0.333. The van der Waals surface area contributed by atoms with Gasteiger partial charge in [-0.25, -0.2) is 0 Å². The standard InChI is InChI=1S/C12H15N3OS/c1-8-3-4-10-9(7-8)12(14-17-10)15(2)6-5-11(13)16/h3-4,7H,5-6H2,1-2H3,(H2,13,16).